The molecule has 2 fully saturated rings. The standard InChI is InChI=1S/C28H29ClF2N4O5/c29-20-13-17(21(30)15-23(20)32-26(37)25-19-5-1-2-6-22(19)33-34-25)14-24(36)28(31,35-11-3-4-12-35)40-18-9-7-16(8-10-18)27(38)39/h1-2,5-6,13,15-16,18H,3-4,7-12,14H2,(H,32,37)(H,33,34)(H,38,39)/t16-,18-,28?. The van der Waals surface area contributed by atoms with Crippen molar-refractivity contribution in [2.75, 3.05) is 18.4 Å². The van der Waals surface area contributed by atoms with E-state index in [1.165, 1.54) is 11.0 Å². The number of ketones is 1. The number of carbonyl (C=O) groups excluding carboxylic acids is 2. The summed E-state index contributed by atoms with van der Waals surface area (Å²) in [5.41, 5.74) is 0.597. The van der Waals surface area contributed by atoms with Gasteiger partial charge in [-0.25, -0.2) is 9.29 Å². The molecule has 12 heteroatoms. The summed E-state index contributed by atoms with van der Waals surface area (Å²) in [5.74, 6) is -6.60. The smallest absolute Gasteiger partial charge is 0.330 e. The molecule has 1 saturated heterocycles. The summed E-state index contributed by atoms with van der Waals surface area (Å²) in [7, 11) is 0. The van der Waals surface area contributed by atoms with Crippen LogP contribution in [0.3, 0.4) is 0 Å². The van der Waals surface area contributed by atoms with Crippen molar-refractivity contribution in [1.29, 1.82) is 0 Å². The lowest BCUT2D eigenvalue weighted by molar-refractivity contribution is -0.252. The molecular formula is C28H29ClF2N4O5. The van der Waals surface area contributed by atoms with E-state index in [2.05, 4.69) is 15.5 Å². The lowest BCUT2D eigenvalue weighted by atomic mass is 9.87. The number of nitrogens with zero attached hydrogens (tertiary/aromatic N) is 2. The van der Waals surface area contributed by atoms with Gasteiger partial charge < -0.3 is 15.2 Å². The van der Waals surface area contributed by atoms with Gasteiger partial charge in [-0.05, 0) is 62.3 Å². The van der Waals surface area contributed by atoms with E-state index in [0.717, 1.165) is 6.07 Å². The summed E-state index contributed by atoms with van der Waals surface area (Å²) in [5, 5.41) is 19.1. The van der Waals surface area contributed by atoms with Gasteiger partial charge >= 0.3 is 11.9 Å². The first-order valence-corrected chi connectivity index (χ1v) is 13.6. The Labute approximate surface area is 233 Å². The molecule has 1 aromatic heterocycles. The summed E-state index contributed by atoms with van der Waals surface area (Å²) in [6.45, 7) is 0.617. The molecule has 2 heterocycles. The molecule has 2 aliphatic rings. The van der Waals surface area contributed by atoms with Crippen LogP contribution in [0, 0.1) is 11.7 Å². The largest absolute Gasteiger partial charge is 0.481 e. The number of nitrogens with one attached hydrogen (secondary N) is 2. The highest BCUT2D eigenvalue weighted by molar-refractivity contribution is 6.34. The van der Waals surface area contributed by atoms with Gasteiger partial charge in [-0.15, -0.1) is 0 Å². The molecule has 1 aliphatic carbocycles. The van der Waals surface area contributed by atoms with Crippen molar-refractivity contribution < 1.29 is 33.0 Å². The summed E-state index contributed by atoms with van der Waals surface area (Å²) in [6, 6.07) is 9.20. The molecule has 0 bridgehead atoms. The third kappa shape index (κ3) is 5.72. The van der Waals surface area contributed by atoms with Crippen LogP contribution in [-0.4, -0.2) is 63.0 Å². The molecular weight excluding hydrogens is 546 g/mol. The van der Waals surface area contributed by atoms with Gasteiger partial charge in [0.15, 0.2) is 5.69 Å². The summed E-state index contributed by atoms with van der Waals surface area (Å²) >= 11 is 6.34. The normalized spacial score (nSPS) is 21.3. The molecule has 1 unspecified atom stereocenters. The molecule has 1 atom stereocenters. The Balaban J connectivity index is 1.31. The fourth-order valence-electron chi connectivity index (χ4n) is 5.39. The number of aromatic nitrogens is 2. The number of aromatic amines is 1. The molecule has 0 spiro atoms. The van der Waals surface area contributed by atoms with Gasteiger partial charge in [0.05, 0.1) is 28.2 Å². The van der Waals surface area contributed by atoms with Gasteiger partial charge in [0.25, 0.3) is 5.91 Å². The van der Waals surface area contributed by atoms with Crippen molar-refractivity contribution in [2.24, 2.45) is 5.92 Å². The van der Waals surface area contributed by atoms with Crippen molar-refractivity contribution >= 4 is 45.9 Å². The number of halogens is 3. The molecule has 212 valence electrons. The quantitative estimate of drug-likeness (QED) is 0.304. The zero-order valence-corrected chi connectivity index (χ0v) is 22.3. The number of carboxylic acid groups (broad SMARTS) is 1. The van der Waals surface area contributed by atoms with Crippen molar-refractivity contribution in [3.8, 4) is 0 Å². The van der Waals surface area contributed by atoms with Gasteiger partial charge in [0.2, 0.25) is 5.78 Å². The summed E-state index contributed by atoms with van der Waals surface area (Å²) in [4.78, 5) is 38.7. The number of alkyl halides is 1. The first-order chi connectivity index (χ1) is 19.2. The van der Waals surface area contributed by atoms with Crippen LogP contribution in [0.2, 0.25) is 5.02 Å². The highest BCUT2D eigenvalue weighted by atomic mass is 35.5. The van der Waals surface area contributed by atoms with E-state index < -0.39 is 47.9 Å². The van der Waals surface area contributed by atoms with E-state index in [1.54, 1.807) is 24.3 Å². The number of anilines is 1. The monoisotopic (exact) mass is 574 g/mol. The topological polar surface area (TPSA) is 125 Å². The van der Waals surface area contributed by atoms with E-state index in [4.69, 9.17) is 16.3 Å². The van der Waals surface area contributed by atoms with E-state index in [0.29, 0.717) is 62.5 Å². The maximum Gasteiger partial charge on any atom is 0.330 e. The zero-order chi connectivity index (χ0) is 28.4. The van der Waals surface area contributed by atoms with E-state index in [9.17, 15) is 19.5 Å². The number of rotatable bonds is 9. The fraction of sp³-hybridized carbons (Fsp3) is 0.429. The van der Waals surface area contributed by atoms with E-state index in [-0.39, 0.29) is 22.0 Å². The van der Waals surface area contributed by atoms with Crippen molar-refractivity contribution in [2.45, 2.75) is 57.0 Å². The highest BCUT2D eigenvalue weighted by Crippen LogP contribution is 2.35. The number of likely N-dealkylation sites (tertiary alicyclic amines) is 1. The average molecular weight is 575 g/mol. The molecule has 1 amide bonds. The van der Waals surface area contributed by atoms with Gasteiger partial charge in [-0.1, -0.05) is 29.8 Å². The number of carboxylic acids is 1. The Morgan fingerprint density at radius 1 is 1.15 bits per heavy atom. The number of H-pyrrole nitrogens is 1. The van der Waals surface area contributed by atoms with Crippen LogP contribution in [0.4, 0.5) is 14.5 Å². The second-order valence-electron chi connectivity index (χ2n) is 10.3. The van der Waals surface area contributed by atoms with Crippen molar-refractivity contribution in [3.05, 3.63) is 58.5 Å². The second kappa shape index (κ2) is 11.6. The summed E-state index contributed by atoms with van der Waals surface area (Å²) < 4.78 is 37.3. The van der Waals surface area contributed by atoms with Gasteiger partial charge in [0.1, 0.15) is 5.82 Å². The van der Waals surface area contributed by atoms with Crippen molar-refractivity contribution in [3.63, 3.8) is 0 Å². The Kier molecular flexibility index (Phi) is 8.16. The van der Waals surface area contributed by atoms with E-state index in [1.807, 2.05) is 0 Å². The molecule has 3 N–H and O–H groups in total. The van der Waals surface area contributed by atoms with Gasteiger partial charge in [-0.2, -0.15) is 9.49 Å². The predicted molar refractivity (Wildman–Crippen MR) is 143 cm³/mol. The molecule has 5 rings (SSSR count). The molecule has 40 heavy (non-hydrogen) atoms. The third-order valence-corrected chi connectivity index (χ3v) is 7.94. The van der Waals surface area contributed by atoms with Gasteiger partial charge in [-0.3, -0.25) is 19.5 Å². The molecule has 1 aliphatic heterocycles. The molecule has 0 radical (unpaired) electrons. The Bertz CT molecular complexity index is 1440. The molecule has 1 saturated carbocycles. The van der Waals surface area contributed by atoms with E-state index >= 15 is 8.78 Å². The second-order valence-corrected chi connectivity index (χ2v) is 10.7. The van der Waals surface area contributed by atoms with Crippen LogP contribution in [-0.2, 0) is 20.7 Å². The first kappa shape index (κ1) is 28.1. The maximum atomic E-state index is 16.4. The van der Waals surface area contributed by atoms with Crippen LogP contribution < -0.4 is 5.32 Å². The minimum absolute atomic E-state index is 0.0232. The number of fused-ring (bicyclic) bond motifs is 1. The Hall–Kier alpha value is -3.41. The predicted octanol–water partition coefficient (Wildman–Crippen LogP) is 5.10. The highest BCUT2D eigenvalue weighted by Gasteiger charge is 2.49. The molecule has 3 aromatic rings. The number of benzene rings is 2. The minimum Gasteiger partial charge on any atom is -0.481 e. The number of amides is 1. The fourth-order valence-corrected chi connectivity index (χ4v) is 5.62. The first-order valence-electron chi connectivity index (χ1n) is 13.3. The average Bonchev–Trinajstić information content (AvgIpc) is 3.63. The minimum atomic E-state index is -2.77. The third-order valence-electron chi connectivity index (χ3n) is 7.62. The molecule has 9 nitrogen and oxygen atoms in total. The number of aliphatic carboxylic acids is 1. The number of Topliss-reactive ketones (excluding diaryl/α,β-unsaturated/α-hetero) is 1. The molecule has 2 aromatic carbocycles. The van der Waals surface area contributed by atoms with Crippen LogP contribution in [0.1, 0.15) is 54.6 Å². The number of carbonyl (C=O) groups is 3. The van der Waals surface area contributed by atoms with Crippen LogP contribution >= 0.6 is 11.6 Å². The van der Waals surface area contributed by atoms with Crippen LogP contribution in [0.5, 0.6) is 0 Å². The Morgan fingerprint density at radius 3 is 2.55 bits per heavy atom. The van der Waals surface area contributed by atoms with Crippen molar-refractivity contribution in [1.82, 2.24) is 15.1 Å². The zero-order valence-electron chi connectivity index (χ0n) is 21.6. The maximum absolute atomic E-state index is 16.4. The summed E-state index contributed by atoms with van der Waals surface area (Å²) in [6.07, 6.45) is 1.40. The lowest BCUT2D eigenvalue weighted by Gasteiger charge is -2.37. The SMILES string of the molecule is O=C(Nc1cc(F)c(CC(=O)C(F)(O[C@H]2CC[C@H](C(=O)O)CC2)N2CCCC2)cc1Cl)c1n[nH]c2ccccc12. The number of para-hydroxylation sites is 1. The lowest BCUT2D eigenvalue weighted by Crippen LogP contribution is -2.54. The van der Waals surface area contributed by atoms with Crippen LogP contribution in [0.15, 0.2) is 36.4 Å². The van der Waals surface area contributed by atoms with Gasteiger partial charge in [0, 0.05) is 24.9 Å². The number of ether oxygens (including phenoxy) is 1. The Morgan fingerprint density at radius 2 is 1.85 bits per heavy atom. The van der Waals surface area contributed by atoms with Crippen LogP contribution in [0.25, 0.3) is 10.9 Å². The number of hydrogen-bond donors (Lipinski definition) is 3. The number of hydrogen-bond acceptors (Lipinski definition) is 6.